The van der Waals surface area contributed by atoms with Crippen molar-refractivity contribution in [2.24, 2.45) is 0 Å². The SMILES string of the molecule is Fc1ccc(C2CCNc3c(Br)cnn32)cc1. The lowest BCUT2D eigenvalue weighted by molar-refractivity contribution is 0.481. The van der Waals surface area contributed by atoms with E-state index in [9.17, 15) is 4.39 Å². The van der Waals surface area contributed by atoms with Gasteiger partial charge >= 0.3 is 0 Å². The summed E-state index contributed by atoms with van der Waals surface area (Å²) in [7, 11) is 0. The van der Waals surface area contributed by atoms with Crippen molar-refractivity contribution in [3.8, 4) is 0 Å². The Labute approximate surface area is 107 Å². The Morgan fingerprint density at radius 2 is 2.12 bits per heavy atom. The maximum absolute atomic E-state index is 12.9. The molecule has 0 spiro atoms. The third kappa shape index (κ3) is 1.84. The summed E-state index contributed by atoms with van der Waals surface area (Å²) in [6.07, 6.45) is 2.73. The summed E-state index contributed by atoms with van der Waals surface area (Å²) in [5.41, 5.74) is 1.09. The largest absolute Gasteiger partial charge is 0.369 e. The lowest BCUT2D eigenvalue weighted by Crippen LogP contribution is -2.24. The Bertz CT molecular complexity index is 535. The molecule has 3 rings (SSSR count). The summed E-state index contributed by atoms with van der Waals surface area (Å²) in [5, 5.41) is 7.65. The number of benzene rings is 1. The van der Waals surface area contributed by atoms with E-state index in [0.717, 1.165) is 28.8 Å². The highest BCUT2D eigenvalue weighted by atomic mass is 79.9. The van der Waals surface area contributed by atoms with E-state index in [1.165, 1.54) is 12.1 Å². The molecular weight excluding hydrogens is 285 g/mol. The first-order chi connectivity index (χ1) is 8.25. The fraction of sp³-hybridized carbons (Fsp3) is 0.250. The Kier molecular flexibility index (Phi) is 2.63. The number of hydrogen-bond donors (Lipinski definition) is 1. The van der Waals surface area contributed by atoms with E-state index in [4.69, 9.17) is 0 Å². The second-order valence-corrected chi connectivity index (χ2v) is 4.92. The van der Waals surface area contributed by atoms with Crippen molar-refractivity contribution in [2.45, 2.75) is 12.5 Å². The van der Waals surface area contributed by atoms with Crippen LogP contribution < -0.4 is 5.32 Å². The topological polar surface area (TPSA) is 29.9 Å². The lowest BCUT2D eigenvalue weighted by Gasteiger charge is -2.26. The second kappa shape index (κ2) is 4.14. The van der Waals surface area contributed by atoms with Gasteiger partial charge in [0.2, 0.25) is 0 Å². The summed E-state index contributed by atoms with van der Waals surface area (Å²) in [4.78, 5) is 0. The maximum Gasteiger partial charge on any atom is 0.139 e. The van der Waals surface area contributed by atoms with Gasteiger partial charge in [-0.15, -0.1) is 0 Å². The van der Waals surface area contributed by atoms with E-state index in [2.05, 4.69) is 26.3 Å². The Hall–Kier alpha value is -1.36. The fourth-order valence-corrected chi connectivity index (χ4v) is 2.60. The van der Waals surface area contributed by atoms with Crippen LogP contribution in [0.25, 0.3) is 0 Å². The van der Waals surface area contributed by atoms with Gasteiger partial charge < -0.3 is 5.32 Å². The van der Waals surface area contributed by atoms with Gasteiger partial charge in [0.05, 0.1) is 16.7 Å². The molecule has 0 bridgehead atoms. The van der Waals surface area contributed by atoms with E-state index in [-0.39, 0.29) is 11.9 Å². The first-order valence-electron chi connectivity index (χ1n) is 5.48. The minimum Gasteiger partial charge on any atom is -0.369 e. The van der Waals surface area contributed by atoms with E-state index in [1.807, 2.05) is 16.8 Å². The molecule has 1 aromatic heterocycles. The van der Waals surface area contributed by atoms with Crippen molar-refractivity contribution in [1.82, 2.24) is 9.78 Å². The van der Waals surface area contributed by atoms with Crippen molar-refractivity contribution in [3.05, 3.63) is 46.3 Å². The van der Waals surface area contributed by atoms with Gasteiger partial charge in [-0.05, 0) is 40.0 Å². The molecule has 0 radical (unpaired) electrons. The molecule has 1 atom stereocenters. The predicted molar refractivity (Wildman–Crippen MR) is 67.6 cm³/mol. The third-order valence-corrected chi connectivity index (χ3v) is 3.59. The summed E-state index contributed by atoms with van der Waals surface area (Å²) in [6, 6.07) is 6.82. The Balaban J connectivity index is 2.02. The average molecular weight is 296 g/mol. The molecule has 0 aliphatic carbocycles. The molecule has 0 saturated heterocycles. The quantitative estimate of drug-likeness (QED) is 0.876. The molecule has 1 aromatic carbocycles. The van der Waals surface area contributed by atoms with Gasteiger partial charge in [0, 0.05) is 6.54 Å². The third-order valence-electron chi connectivity index (χ3n) is 3.01. The number of nitrogens with one attached hydrogen (secondary N) is 1. The normalized spacial score (nSPS) is 18.6. The van der Waals surface area contributed by atoms with E-state index >= 15 is 0 Å². The molecular formula is C12H11BrFN3. The molecule has 0 fully saturated rings. The van der Waals surface area contributed by atoms with Crippen molar-refractivity contribution < 1.29 is 4.39 Å². The summed E-state index contributed by atoms with van der Waals surface area (Å²) < 4.78 is 15.8. The zero-order chi connectivity index (χ0) is 11.8. The molecule has 88 valence electrons. The molecule has 1 N–H and O–H groups in total. The number of fused-ring (bicyclic) bond motifs is 1. The maximum atomic E-state index is 12.9. The Morgan fingerprint density at radius 1 is 1.35 bits per heavy atom. The number of rotatable bonds is 1. The fourth-order valence-electron chi connectivity index (χ4n) is 2.19. The van der Waals surface area contributed by atoms with Crippen LogP contribution in [0.3, 0.4) is 0 Å². The van der Waals surface area contributed by atoms with Gasteiger partial charge in [0.15, 0.2) is 0 Å². The molecule has 0 amide bonds. The van der Waals surface area contributed by atoms with E-state index < -0.39 is 0 Å². The van der Waals surface area contributed by atoms with Gasteiger partial charge in [-0.1, -0.05) is 12.1 Å². The van der Waals surface area contributed by atoms with Crippen LogP contribution in [-0.2, 0) is 0 Å². The molecule has 0 saturated carbocycles. The number of anilines is 1. The molecule has 3 nitrogen and oxygen atoms in total. The van der Waals surface area contributed by atoms with Gasteiger partial charge in [-0.3, -0.25) is 0 Å². The standard InChI is InChI=1S/C12H11BrFN3/c13-10-7-16-17-11(5-6-15-12(10)17)8-1-3-9(14)4-2-8/h1-4,7,11,15H,5-6H2. The van der Waals surface area contributed by atoms with Gasteiger partial charge in [0.1, 0.15) is 11.6 Å². The van der Waals surface area contributed by atoms with Crippen molar-refractivity contribution in [3.63, 3.8) is 0 Å². The van der Waals surface area contributed by atoms with Crippen LogP contribution in [0.2, 0.25) is 0 Å². The van der Waals surface area contributed by atoms with Gasteiger partial charge in [-0.25, -0.2) is 9.07 Å². The molecule has 1 aliphatic heterocycles. The summed E-state index contributed by atoms with van der Waals surface area (Å²) in [5.74, 6) is 0.787. The summed E-state index contributed by atoms with van der Waals surface area (Å²) >= 11 is 3.46. The molecule has 2 aromatic rings. The number of halogens is 2. The highest BCUT2D eigenvalue weighted by Crippen LogP contribution is 2.33. The molecule has 1 aliphatic rings. The number of nitrogens with zero attached hydrogens (tertiary/aromatic N) is 2. The minimum atomic E-state index is -0.204. The van der Waals surface area contributed by atoms with Crippen LogP contribution in [0.1, 0.15) is 18.0 Å². The van der Waals surface area contributed by atoms with Crippen LogP contribution in [-0.4, -0.2) is 16.3 Å². The van der Waals surface area contributed by atoms with Crippen LogP contribution in [0, 0.1) is 5.82 Å². The van der Waals surface area contributed by atoms with Crippen LogP contribution >= 0.6 is 15.9 Å². The smallest absolute Gasteiger partial charge is 0.139 e. The van der Waals surface area contributed by atoms with Crippen LogP contribution in [0.4, 0.5) is 10.2 Å². The summed E-state index contributed by atoms with van der Waals surface area (Å²) in [6.45, 7) is 0.895. The molecule has 1 unspecified atom stereocenters. The van der Waals surface area contributed by atoms with Crippen molar-refractivity contribution in [2.75, 3.05) is 11.9 Å². The first-order valence-corrected chi connectivity index (χ1v) is 6.27. The monoisotopic (exact) mass is 295 g/mol. The zero-order valence-electron chi connectivity index (χ0n) is 9.03. The predicted octanol–water partition coefficient (Wildman–Crippen LogP) is 3.19. The lowest BCUT2D eigenvalue weighted by atomic mass is 10.0. The average Bonchev–Trinajstić information content (AvgIpc) is 2.73. The van der Waals surface area contributed by atoms with E-state index in [0.29, 0.717) is 0 Å². The number of aromatic nitrogens is 2. The van der Waals surface area contributed by atoms with Gasteiger partial charge in [0.25, 0.3) is 0 Å². The number of hydrogen-bond acceptors (Lipinski definition) is 2. The van der Waals surface area contributed by atoms with Crippen LogP contribution in [0.15, 0.2) is 34.9 Å². The van der Waals surface area contributed by atoms with Crippen molar-refractivity contribution >= 4 is 21.7 Å². The highest BCUT2D eigenvalue weighted by Gasteiger charge is 2.23. The molecule has 17 heavy (non-hydrogen) atoms. The molecule has 5 heteroatoms. The zero-order valence-corrected chi connectivity index (χ0v) is 10.6. The first kappa shape index (κ1) is 10.8. The molecule has 2 heterocycles. The van der Waals surface area contributed by atoms with E-state index in [1.54, 1.807) is 6.20 Å². The highest BCUT2D eigenvalue weighted by molar-refractivity contribution is 9.10. The van der Waals surface area contributed by atoms with Crippen molar-refractivity contribution in [1.29, 1.82) is 0 Å². The second-order valence-electron chi connectivity index (χ2n) is 4.07. The Morgan fingerprint density at radius 3 is 2.88 bits per heavy atom. The van der Waals surface area contributed by atoms with Crippen LogP contribution in [0.5, 0.6) is 0 Å². The van der Waals surface area contributed by atoms with Gasteiger partial charge in [-0.2, -0.15) is 5.10 Å². The minimum absolute atomic E-state index is 0.179.